The largest absolute Gasteiger partial charge is 0.450 e. The Morgan fingerprint density at radius 1 is 1.29 bits per heavy atom. The lowest BCUT2D eigenvalue weighted by molar-refractivity contribution is -0.385. The smallest absolute Gasteiger partial charge is 0.314 e. The summed E-state index contributed by atoms with van der Waals surface area (Å²) in [5, 5.41) is 20.9. The Bertz CT molecular complexity index is 660. The number of nitro groups is 1. The molecule has 2 aromatic rings. The van der Waals surface area contributed by atoms with E-state index >= 15 is 0 Å². The van der Waals surface area contributed by atoms with Gasteiger partial charge in [-0.3, -0.25) is 10.1 Å². The van der Waals surface area contributed by atoms with Gasteiger partial charge in [0.2, 0.25) is 5.75 Å². The zero-order valence-electron chi connectivity index (χ0n) is 11.3. The Hall–Kier alpha value is -2.47. The van der Waals surface area contributed by atoms with Crippen molar-refractivity contribution in [3.63, 3.8) is 0 Å². The van der Waals surface area contributed by atoms with Crippen LogP contribution in [-0.4, -0.2) is 10.0 Å². The average molecular weight is 291 g/mol. The number of rotatable bonds is 5. The quantitative estimate of drug-likeness (QED) is 0.668. The second-order valence-electron chi connectivity index (χ2n) is 4.43. The molecule has 0 radical (unpaired) electrons. The van der Waals surface area contributed by atoms with Gasteiger partial charge in [0.1, 0.15) is 11.6 Å². The van der Waals surface area contributed by atoms with Crippen LogP contribution in [0.5, 0.6) is 11.5 Å². The van der Waals surface area contributed by atoms with E-state index in [0.717, 1.165) is 12.1 Å². The highest BCUT2D eigenvalue weighted by Crippen LogP contribution is 2.35. The first-order chi connectivity index (χ1) is 10.0. The topological polar surface area (TPSA) is 72.6 Å². The zero-order valence-corrected chi connectivity index (χ0v) is 11.3. The molecule has 0 aliphatic heterocycles. The number of hydrogen-bond acceptors (Lipinski definition) is 4. The minimum Gasteiger partial charge on any atom is -0.450 e. The molecule has 0 aliphatic rings. The number of ether oxygens (including phenoxy) is 1. The molecule has 0 heterocycles. The molecule has 2 aromatic carbocycles. The van der Waals surface area contributed by atoms with Crippen LogP contribution >= 0.6 is 0 Å². The van der Waals surface area contributed by atoms with Gasteiger partial charge in [0.15, 0.2) is 0 Å². The van der Waals surface area contributed by atoms with Gasteiger partial charge >= 0.3 is 5.69 Å². The Kier molecular flexibility index (Phi) is 4.49. The van der Waals surface area contributed by atoms with Crippen molar-refractivity contribution in [1.82, 2.24) is 0 Å². The summed E-state index contributed by atoms with van der Waals surface area (Å²) in [7, 11) is 0. The van der Waals surface area contributed by atoms with E-state index in [4.69, 9.17) is 4.74 Å². The van der Waals surface area contributed by atoms with Crippen LogP contribution in [0, 0.1) is 15.9 Å². The fraction of sp³-hybridized carbons (Fsp3) is 0.200. The molecule has 6 heteroatoms. The number of para-hydroxylation sites is 1. The summed E-state index contributed by atoms with van der Waals surface area (Å²) in [5.74, 6) is -0.477. The molecule has 21 heavy (non-hydrogen) atoms. The molecule has 0 saturated carbocycles. The maximum Gasteiger partial charge on any atom is 0.314 e. The van der Waals surface area contributed by atoms with Gasteiger partial charge in [0, 0.05) is 5.56 Å². The Morgan fingerprint density at radius 2 is 2.00 bits per heavy atom. The average Bonchev–Trinajstić information content (AvgIpc) is 2.48. The number of benzene rings is 2. The summed E-state index contributed by atoms with van der Waals surface area (Å²) in [5.41, 5.74) is 0.0643. The molecule has 0 amide bonds. The highest BCUT2D eigenvalue weighted by atomic mass is 19.1. The van der Waals surface area contributed by atoms with Crippen LogP contribution in [0.4, 0.5) is 10.1 Å². The van der Waals surface area contributed by atoms with E-state index in [2.05, 4.69) is 0 Å². The number of nitrogens with zero attached hydrogens (tertiary/aromatic N) is 1. The van der Waals surface area contributed by atoms with E-state index in [1.165, 1.54) is 6.07 Å². The molecule has 1 unspecified atom stereocenters. The van der Waals surface area contributed by atoms with Crippen LogP contribution in [0.1, 0.15) is 25.0 Å². The summed E-state index contributed by atoms with van der Waals surface area (Å²) >= 11 is 0. The molecule has 110 valence electrons. The van der Waals surface area contributed by atoms with Crippen molar-refractivity contribution in [2.45, 2.75) is 19.4 Å². The summed E-state index contributed by atoms with van der Waals surface area (Å²) in [6.07, 6.45) is -0.257. The molecular formula is C15H14FNO4. The van der Waals surface area contributed by atoms with Crippen molar-refractivity contribution in [3.8, 4) is 11.5 Å². The number of aliphatic hydroxyl groups excluding tert-OH is 1. The lowest BCUT2D eigenvalue weighted by Gasteiger charge is -2.14. The summed E-state index contributed by atoms with van der Waals surface area (Å²) in [4.78, 5) is 10.2. The highest BCUT2D eigenvalue weighted by molar-refractivity contribution is 5.50. The third kappa shape index (κ3) is 3.35. The van der Waals surface area contributed by atoms with E-state index in [1.54, 1.807) is 24.3 Å². The predicted molar refractivity (Wildman–Crippen MR) is 74.8 cm³/mol. The summed E-state index contributed by atoms with van der Waals surface area (Å²) in [6, 6.07) is 9.79. The monoisotopic (exact) mass is 291 g/mol. The predicted octanol–water partition coefficient (Wildman–Crippen LogP) is 3.97. The van der Waals surface area contributed by atoms with Gasteiger partial charge in [-0.15, -0.1) is 0 Å². The van der Waals surface area contributed by atoms with Gasteiger partial charge in [-0.05, 0) is 24.6 Å². The summed E-state index contributed by atoms with van der Waals surface area (Å²) in [6.45, 7) is 1.81. The second-order valence-corrected chi connectivity index (χ2v) is 4.43. The van der Waals surface area contributed by atoms with Gasteiger partial charge in [-0.1, -0.05) is 25.1 Å². The first-order valence-corrected chi connectivity index (χ1v) is 6.41. The fourth-order valence-corrected chi connectivity index (χ4v) is 1.91. The zero-order chi connectivity index (χ0) is 15.4. The maximum atomic E-state index is 13.1. The molecule has 0 aliphatic carbocycles. The van der Waals surface area contributed by atoms with Crippen LogP contribution in [0.2, 0.25) is 0 Å². The van der Waals surface area contributed by atoms with E-state index in [1.807, 2.05) is 6.92 Å². The molecule has 0 bridgehead atoms. The first-order valence-electron chi connectivity index (χ1n) is 6.41. The molecule has 5 nitrogen and oxygen atoms in total. The van der Waals surface area contributed by atoms with Crippen LogP contribution < -0.4 is 4.74 Å². The van der Waals surface area contributed by atoms with Gasteiger partial charge in [0.05, 0.1) is 17.1 Å². The lowest BCUT2D eigenvalue weighted by atomic mass is 10.1. The Morgan fingerprint density at radius 3 is 2.67 bits per heavy atom. The van der Waals surface area contributed by atoms with Crippen molar-refractivity contribution >= 4 is 5.69 Å². The molecule has 2 rings (SSSR count). The number of aliphatic hydroxyl groups is 1. The molecule has 0 saturated heterocycles. The third-order valence-corrected chi connectivity index (χ3v) is 3.00. The third-order valence-electron chi connectivity index (χ3n) is 3.00. The van der Waals surface area contributed by atoms with Crippen LogP contribution in [0.15, 0.2) is 42.5 Å². The molecular weight excluding hydrogens is 277 g/mol. The van der Waals surface area contributed by atoms with Gasteiger partial charge in [-0.25, -0.2) is 4.39 Å². The van der Waals surface area contributed by atoms with Crippen molar-refractivity contribution in [1.29, 1.82) is 0 Å². The lowest BCUT2D eigenvalue weighted by Crippen LogP contribution is -2.00. The van der Waals surface area contributed by atoms with E-state index in [9.17, 15) is 19.6 Å². The molecule has 0 spiro atoms. The van der Waals surface area contributed by atoms with Gasteiger partial charge in [0.25, 0.3) is 0 Å². The number of hydrogen-bond donors (Lipinski definition) is 1. The number of halogens is 1. The van der Waals surface area contributed by atoms with Crippen molar-refractivity contribution in [2.24, 2.45) is 0 Å². The van der Waals surface area contributed by atoms with Crippen molar-refractivity contribution in [2.75, 3.05) is 0 Å². The highest BCUT2D eigenvalue weighted by Gasteiger charge is 2.19. The maximum absolute atomic E-state index is 13.1. The standard InChI is InChI=1S/C15H14FNO4/c1-2-13(18)11-5-3-4-6-14(11)21-15-8-7-10(16)9-12(15)17(19)20/h3-9,13,18H,2H2,1H3. The molecule has 1 N–H and O–H groups in total. The Labute approximate surface area is 120 Å². The van der Waals surface area contributed by atoms with Crippen molar-refractivity contribution in [3.05, 3.63) is 64.0 Å². The fourth-order valence-electron chi connectivity index (χ4n) is 1.91. The molecule has 0 fully saturated rings. The van der Waals surface area contributed by atoms with Gasteiger partial charge < -0.3 is 9.84 Å². The summed E-state index contributed by atoms with van der Waals surface area (Å²) < 4.78 is 18.6. The van der Waals surface area contributed by atoms with Crippen LogP contribution in [0.3, 0.4) is 0 Å². The molecule has 1 atom stereocenters. The molecule has 0 aromatic heterocycles. The first kappa shape index (κ1) is 14.9. The van der Waals surface area contributed by atoms with E-state index in [0.29, 0.717) is 17.7 Å². The van der Waals surface area contributed by atoms with Crippen LogP contribution in [0.25, 0.3) is 0 Å². The van der Waals surface area contributed by atoms with Gasteiger partial charge in [-0.2, -0.15) is 0 Å². The normalized spacial score (nSPS) is 12.0. The van der Waals surface area contributed by atoms with E-state index < -0.39 is 22.5 Å². The second kappa shape index (κ2) is 6.32. The minimum absolute atomic E-state index is 0.0721. The number of nitro benzene ring substituents is 1. The van der Waals surface area contributed by atoms with E-state index in [-0.39, 0.29) is 5.75 Å². The van der Waals surface area contributed by atoms with Crippen LogP contribution in [-0.2, 0) is 0 Å². The van der Waals surface area contributed by atoms with Crippen molar-refractivity contribution < 1.29 is 19.2 Å². The minimum atomic E-state index is -0.735. The Balaban J connectivity index is 2.41. The SMILES string of the molecule is CCC(O)c1ccccc1Oc1ccc(F)cc1[N+](=O)[O-].